The number of carbonyl (C=O) groups is 2. The maximum absolute atomic E-state index is 13.7. The summed E-state index contributed by atoms with van der Waals surface area (Å²) < 4.78 is 52.8. The van der Waals surface area contributed by atoms with Crippen LogP contribution in [0.1, 0.15) is 49.0 Å². The van der Waals surface area contributed by atoms with Crippen LogP contribution in [0.4, 0.5) is 29.1 Å². The number of nitrogens with zero attached hydrogens (tertiary/aromatic N) is 1. The van der Waals surface area contributed by atoms with Crippen LogP contribution in [-0.4, -0.2) is 16.8 Å². The number of rotatable bonds is 3. The van der Waals surface area contributed by atoms with E-state index >= 15 is 0 Å². The minimum Gasteiger partial charge on any atom is -0.383 e. The van der Waals surface area contributed by atoms with Gasteiger partial charge in [0, 0.05) is 11.1 Å². The number of benzene rings is 2. The molecule has 2 heterocycles. The van der Waals surface area contributed by atoms with Gasteiger partial charge < -0.3 is 16.4 Å². The molecule has 164 valence electrons. The van der Waals surface area contributed by atoms with E-state index in [1.165, 1.54) is 6.20 Å². The Morgan fingerprint density at radius 3 is 2.59 bits per heavy atom. The molecule has 1 aliphatic heterocycles. The maximum atomic E-state index is 13.7. The van der Waals surface area contributed by atoms with Gasteiger partial charge in [-0.2, -0.15) is 13.2 Å². The number of hydrogen-bond acceptors (Lipinski definition) is 4. The van der Waals surface area contributed by atoms with Crippen LogP contribution in [0.3, 0.4) is 0 Å². The van der Waals surface area contributed by atoms with Crippen LogP contribution in [0.15, 0.2) is 48.7 Å². The molecule has 32 heavy (non-hydrogen) atoms. The van der Waals surface area contributed by atoms with Crippen LogP contribution >= 0.6 is 0 Å². The van der Waals surface area contributed by atoms with Crippen molar-refractivity contribution in [3.05, 3.63) is 87.9 Å². The first-order chi connectivity index (χ1) is 15.1. The number of nitrogens with one attached hydrogen (secondary N) is 2. The lowest BCUT2D eigenvalue weighted by atomic mass is 9.94. The van der Waals surface area contributed by atoms with Crippen molar-refractivity contribution in [2.45, 2.75) is 19.1 Å². The normalized spacial score (nSPS) is 15.3. The van der Waals surface area contributed by atoms with Crippen molar-refractivity contribution >= 4 is 23.3 Å². The van der Waals surface area contributed by atoms with E-state index in [-0.39, 0.29) is 17.1 Å². The largest absolute Gasteiger partial charge is 0.416 e. The molecule has 2 amide bonds. The average molecular weight is 444 g/mol. The van der Waals surface area contributed by atoms with Crippen LogP contribution in [0, 0.1) is 12.7 Å². The van der Waals surface area contributed by atoms with Gasteiger partial charge in [-0.25, -0.2) is 9.37 Å². The predicted octanol–water partition coefficient (Wildman–Crippen LogP) is 4.22. The lowest BCUT2D eigenvalue weighted by Gasteiger charge is -2.18. The number of halogens is 4. The van der Waals surface area contributed by atoms with E-state index in [2.05, 4.69) is 15.6 Å². The van der Waals surface area contributed by atoms with Gasteiger partial charge in [0.05, 0.1) is 29.1 Å². The highest BCUT2D eigenvalue weighted by molar-refractivity contribution is 6.09. The summed E-state index contributed by atoms with van der Waals surface area (Å²) in [4.78, 5) is 29.2. The molecule has 0 fully saturated rings. The quantitative estimate of drug-likeness (QED) is 0.527. The number of nitrogens with two attached hydrogens (primary N) is 1. The molecule has 0 spiro atoms. The zero-order valence-corrected chi connectivity index (χ0v) is 16.5. The van der Waals surface area contributed by atoms with Crippen LogP contribution in [-0.2, 0) is 6.18 Å². The molecule has 10 heteroatoms. The smallest absolute Gasteiger partial charge is 0.383 e. The fourth-order valence-electron chi connectivity index (χ4n) is 3.68. The number of nitrogen functional groups attached to an aromatic ring is 1. The fraction of sp³-hybridized carbons (Fsp3) is 0.136. The van der Waals surface area contributed by atoms with Crippen LogP contribution < -0.4 is 16.4 Å². The minimum absolute atomic E-state index is 0.0586. The zero-order valence-electron chi connectivity index (χ0n) is 16.5. The summed E-state index contributed by atoms with van der Waals surface area (Å²) in [5.41, 5.74) is 6.12. The van der Waals surface area contributed by atoms with E-state index in [4.69, 9.17) is 5.73 Å². The molecule has 0 radical (unpaired) electrons. The number of aromatic nitrogens is 1. The van der Waals surface area contributed by atoms with Gasteiger partial charge in [0.2, 0.25) is 0 Å². The number of alkyl halides is 3. The highest BCUT2D eigenvalue weighted by Gasteiger charge is 2.36. The Hall–Kier alpha value is -3.95. The first kappa shape index (κ1) is 21.3. The second kappa shape index (κ2) is 7.63. The average Bonchev–Trinajstić information content (AvgIpc) is 3.07. The standard InChI is InChI=1S/C22H16F4N4O2/c1-10-4-2-3-5-14(10)18-16-15(9-28-19(27)17(16)21(32)30-18)29-20(31)11-6-12(22(24,25)26)8-13(23)7-11/h2-9,18H,1H3,(H2,27,28)(H,29,31)(H,30,32). The van der Waals surface area contributed by atoms with Gasteiger partial charge in [-0.05, 0) is 36.2 Å². The van der Waals surface area contributed by atoms with Gasteiger partial charge in [-0.15, -0.1) is 0 Å². The van der Waals surface area contributed by atoms with Crippen LogP contribution in [0.25, 0.3) is 0 Å². The van der Waals surface area contributed by atoms with Gasteiger partial charge in [0.25, 0.3) is 11.8 Å². The van der Waals surface area contributed by atoms with Gasteiger partial charge in [0.15, 0.2) is 0 Å². The molecule has 1 aromatic heterocycles. The lowest BCUT2D eigenvalue weighted by Crippen LogP contribution is -2.21. The number of fused-ring (bicyclic) bond motifs is 1. The Morgan fingerprint density at radius 1 is 1.19 bits per heavy atom. The molecular weight excluding hydrogens is 428 g/mol. The van der Waals surface area contributed by atoms with Crippen LogP contribution in [0.2, 0.25) is 0 Å². The van der Waals surface area contributed by atoms with E-state index in [0.29, 0.717) is 23.8 Å². The van der Waals surface area contributed by atoms with Crippen molar-refractivity contribution in [1.29, 1.82) is 0 Å². The molecule has 4 N–H and O–H groups in total. The first-order valence-corrected chi connectivity index (χ1v) is 9.40. The summed E-state index contributed by atoms with van der Waals surface area (Å²) in [5.74, 6) is -2.76. The van der Waals surface area contributed by atoms with E-state index < -0.39 is 41.0 Å². The van der Waals surface area contributed by atoms with Crippen molar-refractivity contribution in [3.63, 3.8) is 0 Å². The number of hydrogen-bond donors (Lipinski definition) is 3. The number of amides is 2. The number of pyridine rings is 1. The summed E-state index contributed by atoms with van der Waals surface area (Å²) in [6.45, 7) is 1.84. The van der Waals surface area contributed by atoms with E-state index in [1.54, 1.807) is 12.1 Å². The Bertz CT molecular complexity index is 1260. The molecule has 0 saturated heterocycles. The van der Waals surface area contributed by atoms with E-state index in [1.807, 2.05) is 19.1 Å². The molecule has 0 saturated carbocycles. The molecular formula is C22H16F4N4O2. The molecule has 0 aliphatic carbocycles. The summed E-state index contributed by atoms with van der Waals surface area (Å²) in [6, 6.07) is 8.10. The lowest BCUT2D eigenvalue weighted by molar-refractivity contribution is -0.137. The van der Waals surface area contributed by atoms with Crippen molar-refractivity contribution in [2.24, 2.45) is 0 Å². The maximum Gasteiger partial charge on any atom is 0.416 e. The molecule has 6 nitrogen and oxygen atoms in total. The minimum atomic E-state index is -4.83. The highest BCUT2D eigenvalue weighted by atomic mass is 19.4. The molecule has 3 aromatic rings. The summed E-state index contributed by atoms with van der Waals surface area (Å²) in [7, 11) is 0. The molecule has 1 atom stereocenters. The van der Waals surface area contributed by atoms with Gasteiger partial charge in [0.1, 0.15) is 11.6 Å². The number of anilines is 2. The van der Waals surface area contributed by atoms with Crippen molar-refractivity contribution in [2.75, 3.05) is 11.1 Å². The number of carbonyl (C=O) groups excluding carboxylic acids is 2. The summed E-state index contributed by atoms with van der Waals surface area (Å²) in [6.07, 6.45) is -3.62. The monoisotopic (exact) mass is 444 g/mol. The fourth-order valence-corrected chi connectivity index (χ4v) is 3.68. The van der Waals surface area contributed by atoms with E-state index in [0.717, 1.165) is 11.1 Å². The molecule has 0 bridgehead atoms. The van der Waals surface area contributed by atoms with Crippen molar-refractivity contribution in [1.82, 2.24) is 10.3 Å². The molecule has 1 aliphatic rings. The Kier molecular flexibility index (Phi) is 5.08. The first-order valence-electron chi connectivity index (χ1n) is 9.40. The third-order valence-corrected chi connectivity index (χ3v) is 5.17. The van der Waals surface area contributed by atoms with Gasteiger partial charge >= 0.3 is 6.18 Å². The van der Waals surface area contributed by atoms with Crippen molar-refractivity contribution < 1.29 is 27.2 Å². The molecule has 4 rings (SSSR count). The second-order valence-electron chi connectivity index (χ2n) is 7.29. The van der Waals surface area contributed by atoms with Crippen molar-refractivity contribution in [3.8, 4) is 0 Å². The number of aryl methyl sites for hydroxylation is 1. The van der Waals surface area contributed by atoms with Gasteiger partial charge in [-0.3, -0.25) is 9.59 Å². The highest BCUT2D eigenvalue weighted by Crippen LogP contribution is 2.39. The SMILES string of the molecule is Cc1ccccc1C1NC(=O)c2c(N)ncc(NC(=O)c3cc(F)cc(C(F)(F)F)c3)c21. The van der Waals surface area contributed by atoms with Crippen LogP contribution in [0.5, 0.6) is 0 Å². The topological polar surface area (TPSA) is 97.1 Å². The van der Waals surface area contributed by atoms with Gasteiger partial charge in [-0.1, -0.05) is 24.3 Å². The molecule has 1 unspecified atom stereocenters. The third-order valence-electron chi connectivity index (χ3n) is 5.17. The molecule has 2 aromatic carbocycles. The zero-order chi connectivity index (χ0) is 23.2. The predicted molar refractivity (Wildman–Crippen MR) is 108 cm³/mol. The third kappa shape index (κ3) is 3.75. The Balaban J connectivity index is 1.77. The Morgan fingerprint density at radius 2 is 1.91 bits per heavy atom. The Labute approximate surface area is 179 Å². The summed E-state index contributed by atoms with van der Waals surface area (Å²) >= 11 is 0. The van der Waals surface area contributed by atoms with E-state index in [9.17, 15) is 27.2 Å². The second-order valence-corrected chi connectivity index (χ2v) is 7.29. The summed E-state index contributed by atoms with van der Waals surface area (Å²) in [5, 5.41) is 5.24.